The molecule has 0 spiro atoms. The van der Waals surface area contributed by atoms with Crippen LogP contribution in [0.2, 0.25) is 0 Å². The number of pyridine rings is 1. The predicted molar refractivity (Wildman–Crippen MR) is 115 cm³/mol. The molecule has 0 aliphatic heterocycles. The molecule has 11 heteroatoms. The molecule has 32 heavy (non-hydrogen) atoms. The van der Waals surface area contributed by atoms with Crippen molar-refractivity contribution in [1.82, 2.24) is 34.3 Å². The van der Waals surface area contributed by atoms with Gasteiger partial charge in [-0.1, -0.05) is 6.92 Å². The van der Waals surface area contributed by atoms with Gasteiger partial charge in [0.25, 0.3) is 6.43 Å². The van der Waals surface area contributed by atoms with Crippen molar-refractivity contribution < 1.29 is 13.6 Å². The van der Waals surface area contributed by atoms with Gasteiger partial charge in [0.15, 0.2) is 5.65 Å². The highest BCUT2D eigenvalue weighted by atomic mass is 19.3. The molecule has 4 aromatic rings. The van der Waals surface area contributed by atoms with Crippen LogP contribution >= 0.6 is 0 Å². The van der Waals surface area contributed by atoms with E-state index in [2.05, 4.69) is 25.6 Å². The summed E-state index contributed by atoms with van der Waals surface area (Å²) in [5, 5.41) is 15.9. The van der Waals surface area contributed by atoms with Crippen LogP contribution in [0.5, 0.6) is 0 Å². The van der Waals surface area contributed by atoms with Gasteiger partial charge in [-0.3, -0.25) is 9.48 Å². The number of hydrogen-bond acceptors (Lipinski definition) is 5. The number of amides is 1. The van der Waals surface area contributed by atoms with E-state index in [4.69, 9.17) is 0 Å². The Labute approximate surface area is 183 Å². The molecule has 4 aromatic heterocycles. The number of aromatic nitrogens is 7. The second-order valence-electron chi connectivity index (χ2n) is 7.68. The quantitative estimate of drug-likeness (QED) is 0.472. The molecule has 4 rings (SSSR count). The fourth-order valence-electron chi connectivity index (χ4n) is 3.72. The Morgan fingerprint density at radius 2 is 1.97 bits per heavy atom. The third kappa shape index (κ3) is 4.10. The molecule has 4 heterocycles. The van der Waals surface area contributed by atoms with Crippen LogP contribution in [0.1, 0.15) is 36.7 Å². The molecule has 1 amide bonds. The minimum atomic E-state index is -2.72. The Kier molecular flexibility index (Phi) is 5.72. The van der Waals surface area contributed by atoms with Gasteiger partial charge in [0.1, 0.15) is 12.4 Å². The van der Waals surface area contributed by atoms with Crippen LogP contribution in [0, 0.1) is 13.8 Å². The highest BCUT2D eigenvalue weighted by Crippen LogP contribution is 2.33. The van der Waals surface area contributed by atoms with Crippen molar-refractivity contribution in [3.05, 3.63) is 41.5 Å². The molecular weight excluding hydrogens is 418 g/mol. The lowest BCUT2D eigenvalue weighted by atomic mass is 10.1. The van der Waals surface area contributed by atoms with Crippen LogP contribution in [0.25, 0.3) is 22.3 Å². The van der Waals surface area contributed by atoms with Gasteiger partial charge in [0, 0.05) is 37.0 Å². The topological polar surface area (TPSA) is 95.5 Å². The maximum absolute atomic E-state index is 13.9. The standard InChI is InChI=1S/C21H24F2N8O/c1-5-6-30-17(7-12(2)27-30)26-18(32)11-31-21-19(13(3)28-31)15(20(22)23)8-16(25-21)14-9-24-29(4)10-14/h7-10,20H,5-6,11H2,1-4H3,(H,26,32). The molecule has 0 saturated heterocycles. The summed E-state index contributed by atoms with van der Waals surface area (Å²) >= 11 is 0. The van der Waals surface area contributed by atoms with Crippen molar-refractivity contribution in [3.63, 3.8) is 0 Å². The number of carbonyl (C=O) groups is 1. The van der Waals surface area contributed by atoms with Gasteiger partial charge in [-0.25, -0.2) is 23.1 Å². The molecule has 0 saturated carbocycles. The number of anilines is 1. The maximum atomic E-state index is 13.9. The zero-order valence-corrected chi connectivity index (χ0v) is 18.3. The molecule has 0 radical (unpaired) electrons. The fraction of sp³-hybridized carbons (Fsp3) is 0.381. The van der Waals surface area contributed by atoms with E-state index >= 15 is 0 Å². The molecule has 0 aliphatic rings. The molecular formula is C21H24F2N8O. The Morgan fingerprint density at radius 1 is 1.19 bits per heavy atom. The van der Waals surface area contributed by atoms with Gasteiger partial charge in [0.05, 0.1) is 28.7 Å². The van der Waals surface area contributed by atoms with E-state index in [9.17, 15) is 13.6 Å². The average Bonchev–Trinajstić information content (AvgIpc) is 3.40. The summed E-state index contributed by atoms with van der Waals surface area (Å²) < 4.78 is 32.4. The van der Waals surface area contributed by atoms with E-state index in [-0.39, 0.29) is 29.0 Å². The van der Waals surface area contributed by atoms with Crippen LogP contribution in [0.15, 0.2) is 24.5 Å². The van der Waals surface area contributed by atoms with Crippen molar-refractivity contribution in [3.8, 4) is 11.3 Å². The number of fused-ring (bicyclic) bond motifs is 1. The zero-order valence-electron chi connectivity index (χ0n) is 18.3. The van der Waals surface area contributed by atoms with Gasteiger partial charge in [-0.15, -0.1) is 0 Å². The van der Waals surface area contributed by atoms with Gasteiger partial charge in [0.2, 0.25) is 5.91 Å². The number of halogens is 2. The minimum absolute atomic E-state index is 0.172. The highest BCUT2D eigenvalue weighted by Gasteiger charge is 2.22. The van der Waals surface area contributed by atoms with Crippen molar-refractivity contribution in [2.24, 2.45) is 7.05 Å². The summed E-state index contributed by atoms with van der Waals surface area (Å²) in [5.41, 5.74) is 2.19. The largest absolute Gasteiger partial charge is 0.309 e. The Hall–Kier alpha value is -3.63. The fourth-order valence-corrected chi connectivity index (χ4v) is 3.72. The normalized spacial score (nSPS) is 11.6. The smallest absolute Gasteiger partial charge is 0.264 e. The van der Waals surface area contributed by atoms with E-state index in [1.54, 1.807) is 41.8 Å². The van der Waals surface area contributed by atoms with Crippen LogP contribution in [0.4, 0.5) is 14.6 Å². The lowest BCUT2D eigenvalue weighted by Gasteiger charge is -2.09. The van der Waals surface area contributed by atoms with E-state index < -0.39 is 6.43 Å². The van der Waals surface area contributed by atoms with Gasteiger partial charge in [-0.2, -0.15) is 15.3 Å². The summed E-state index contributed by atoms with van der Waals surface area (Å²) in [6.07, 6.45) is 1.40. The van der Waals surface area contributed by atoms with E-state index in [1.807, 2.05) is 13.8 Å². The number of nitrogens with one attached hydrogen (secondary N) is 1. The van der Waals surface area contributed by atoms with E-state index in [0.29, 0.717) is 29.3 Å². The van der Waals surface area contributed by atoms with Crippen molar-refractivity contribution >= 4 is 22.8 Å². The molecule has 0 aliphatic carbocycles. The maximum Gasteiger partial charge on any atom is 0.264 e. The first-order valence-corrected chi connectivity index (χ1v) is 10.3. The van der Waals surface area contributed by atoms with Gasteiger partial charge < -0.3 is 5.32 Å². The highest BCUT2D eigenvalue weighted by molar-refractivity contribution is 5.92. The second kappa shape index (κ2) is 8.48. The summed E-state index contributed by atoms with van der Waals surface area (Å²) in [4.78, 5) is 17.3. The number of carbonyl (C=O) groups excluding carboxylic acids is 1. The monoisotopic (exact) mass is 442 g/mol. The number of nitrogens with zero attached hydrogens (tertiary/aromatic N) is 7. The molecule has 0 aromatic carbocycles. The molecule has 1 N–H and O–H groups in total. The summed E-state index contributed by atoms with van der Waals surface area (Å²) in [6, 6.07) is 3.14. The van der Waals surface area contributed by atoms with Crippen LogP contribution in [-0.2, 0) is 24.9 Å². The lowest BCUT2D eigenvalue weighted by molar-refractivity contribution is -0.116. The molecule has 0 fully saturated rings. The number of hydrogen-bond donors (Lipinski definition) is 1. The average molecular weight is 442 g/mol. The second-order valence-corrected chi connectivity index (χ2v) is 7.68. The SMILES string of the molecule is CCCn1nc(C)cc1NC(=O)Cn1nc(C)c2c(C(F)F)cc(-c3cnn(C)c3)nc21. The first kappa shape index (κ1) is 21.6. The zero-order chi connectivity index (χ0) is 23.0. The first-order valence-electron chi connectivity index (χ1n) is 10.3. The van der Waals surface area contributed by atoms with Gasteiger partial charge >= 0.3 is 0 Å². The van der Waals surface area contributed by atoms with Crippen molar-refractivity contribution in [2.75, 3.05) is 5.32 Å². The van der Waals surface area contributed by atoms with Crippen LogP contribution in [0.3, 0.4) is 0 Å². The molecule has 9 nitrogen and oxygen atoms in total. The van der Waals surface area contributed by atoms with E-state index in [1.165, 1.54) is 10.7 Å². The van der Waals surface area contributed by atoms with Crippen LogP contribution in [-0.4, -0.2) is 40.2 Å². The molecule has 0 unspecified atom stereocenters. The molecule has 0 bridgehead atoms. The van der Waals surface area contributed by atoms with Crippen molar-refractivity contribution in [1.29, 1.82) is 0 Å². The summed E-state index contributed by atoms with van der Waals surface area (Å²) in [7, 11) is 1.74. The number of alkyl halides is 2. The molecule has 0 atom stereocenters. The summed E-state index contributed by atoms with van der Waals surface area (Å²) in [6.45, 7) is 6.00. The third-order valence-electron chi connectivity index (χ3n) is 5.04. The lowest BCUT2D eigenvalue weighted by Crippen LogP contribution is -2.21. The number of aryl methyl sites for hydroxylation is 4. The first-order chi connectivity index (χ1) is 15.3. The summed E-state index contributed by atoms with van der Waals surface area (Å²) in [5.74, 6) is 0.235. The van der Waals surface area contributed by atoms with Gasteiger partial charge in [-0.05, 0) is 26.3 Å². The Balaban J connectivity index is 1.71. The Bertz CT molecular complexity index is 1290. The van der Waals surface area contributed by atoms with E-state index in [0.717, 1.165) is 12.1 Å². The van der Waals surface area contributed by atoms with Crippen molar-refractivity contribution in [2.45, 2.75) is 46.7 Å². The number of rotatable bonds is 7. The van der Waals surface area contributed by atoms with Crippen LogP contribution < -0.4 is 5.32 Å². The predicted octanol–water partition coefficient (Wildman–Crippen LogP) is 3.63. The Morgan fingerprint density at radius 3 is 2.62 bits per heavy atom. The minimum Gasteiger partial charge on any atom is -0.309 e. The molecule has 168 valence electrons. The third-order valence-corrected chi connectivity index (χ3v) is 5.04.